The summed E-state index contributed by atoms with van der Waals surface area (Å²) in [7, 11) is 0. The predicted molar refractivity (Wildman–Crippen MR) is 62.7 cm³/mol. The minimum atomic E-state index is -1.08. The van der Waals surface area contributed by atoms with Gasteiger partial charge < -0.3 is 14.7 Å². The Balaban J connectivity index is 3.03. The van der Waals surface area contributed by atoms with E-state index in [0.717, 1.165) is 6.42 Å². The molecule has 1 N–H and O–H groups in total. The number of hydrogen-bond donors (Lipinski definition) is 1. The molecule has 0 spiro atoms. The van der Waals surface area contributed by atoms with Crippen molar-refractivity contribution in [3.63, 3.8) is 0 Å². The van der Waals surface area contributed by atoms with Crippen molar-refractivity contribution >= 4 is 11.9 Å². The minimum absolute atomic E-state index is 0.0757. The molecule has 0 aliphatic carbocycles. The Kier molecular flexibility index (Phi) is 4.51. The number of carbonyl (C=O) groups excluding carboxylic acids is 1. The largest absolute Gasteiger partial charge is 0.479 e. The van der Waals surface area contributed by atoms with Crippen LogP contribution < -0.4 is 0 Å². The van der Waals surface area contributed by atoms with Crippen LogP contribution in [0.25, 0.3) is 0 Å². The molecule has 0 aromatic heterocycles. The quantitative estimate of drug-likeness (QED) is 0.807. The zero-order chi connectivity index (χ0) is 13.1. The van der Waals surface area contributed by atoms with Crippen LogP contribution in [0.1, 0.15) is 40.0 Å². The van der Waals surface area contributed by atoms with Crippen LogP contribution in [0.15, 0.2) is 0 Å². The monoisotopic (exact) mass is 243 g/mol. The van der Waals surface area contributed by atoms with Crippen molar-refractivity contribution in [3.05, 3.63) is 0 Å². The van der Waals surface area contributed by atoms with Crippen LogP contribution in [0.4, 0.5) is 0 Å². The fourth-order valence-corrected chi connectivity index (χ4v) is 2.58. The highest BCUT2D eigenvalue weighted by molar-refractivity contribution is 5.86. The Bertz CT molecular complexity index is 305. The van der Waals surface area contributed by atoms with Gasteiger partial charge in [0.1, 0.15) is 5.54 Å². The normalized spacial score (nSPS) is 28.8. The summed E-state index contributed by atoms with van der Waals surface area (Å²) in [4.78, 5) is 24.7. The van der Waals surface area contributed by atoms with Gasteiger partial charge in [0, 0.05) is 32.9 Å². The fourth-order valence-electron chi connectivity index (χ4n) is 2.58. The molecule has 0 aromatic carbocycles. The van der Waals surface area contributed by atoms with Gasteiger partial charge in [-0.2, -0.15) is 0 Å². The molecule has 1 heterocycles. The third-order valence-corrected chi connectivity index (χ3v) is 3.50. The van der Waals surface area contributed by atoms with Gasteiger partial charge in [0.2, 0.25) is 5.91 Å². The van der Waals surface area contributed by atoms with Crippen molar-refractivity contribution < 1.29 is 19.4 Å². The molecule has 1 saturated heterocycles. The molecule has 5 nitrogen and oxygen atoms in total. The molecular weight excluding hydrogens is 222 g/mol. The molecule has 98 valence electrons. The maximum Gasteiger partial charge on any atom is 0.329 e. The summed E-state index contributed by atoms with van der Waals surface area (Å²) < 4.78 is 5.51. The van der Waals surface area contributed by atoms with Crippen molar-refractivity contribution in [2.24, 2.45) is 0 Å². The molecule has 5 heteroatoms. The van der Waals surface area contributed by atoms with E-state index in [-0.39, 0.29) is 12.0 Å². The summed E-state index contributed by atoms with van der Waals surface area (Å²) in [6.07, 6.45) is 1.44. The Morgan fingerprint density at radius 2 is 2.12 bits per heavy atom. The minimum Gasteiger partial charge on any atom is -0.479 e. The number of carbonyl (C=O) groups is 2. The summed E-state index contributed by atoms with van der Waals surface area (Å²) in [5.41, 5.74) is -1.08. The van der Waals surface area contributed by atoms with Crippen molar-refractivity contribution in [1.82, 2.24) is 4.90 Å². The van der Waals surface area contributed by atoms with Gasteiger partial charge in [0.15, 0.2) is 0 Å². The lowest BCUT2D eigenvalue weighted by molar-refractivity contribution is -0.169. The van der Waals surface area contributed by atoms with E-state index in [1.807, 2.05) is 13.8 Å². The topological polar surface area (TPSA) is 66.8 Å². The Morgan fingerprint density at radius 1 is 1.47 bits per heavy atom. The molecule has 0 aromatic rings. The number of aliphatic carboxylic acids is 1. The number of nitrogens with zero attached hydrogens (tertiary/aromatic N) is 1. The molecule has 0 saturated carbocycles. The van der Waals surface area contributed by atoms with Gasteiger partial charge in [-0.05, 0) is 13.3 Å². The van der Waals surface area contributed by atoms with Crippen molar-refractivity contribution in [1.29, 1.82) is 0 Å². The Morgan fingerprint density at radius 3 is 2.53 bits per heavy atom. The van der Waals surface area contributed by atoms with E-state index < -0.39 is 11.5 Å². The van der Waals surface area contributed by atoms with E-state index >= 15 is 0 Å². The molecule has 1 aliphatic rings. The second kappa shape index (κ2) is 5.49. The molecule has 1 rings (SSSR count). The summed E-state index contributed by atoms with van der Waals surface area (Å²) in [5.74, 6) is -1.11. The molecule has 17 heavy (non-hydrogen) atoms. The molecule has 1 fully saturated rings. The summed E-state index contributed by atoms with van der Waals surface area (Å²) in [5, 5.41) is 9.50. The number of carboxylic acids is 1. The SMILES string of the molecule is CCC1CC(C(=O)O)(N(CC)C(C)=O)CCO1. The number of amides is 1. The van der Waals surface area contributed by atoms with Crippen LogP contribution in [0, 0.1) is 0 Å². The molecule has 1 amide bonds. The van der Waals surface area contributed by atoms with Gasteiger partial charge in [-0.1, -0.05) is 6.92 Å². The highest BCUT2D eigenvalue weighted by atomic mass is 16.5. The van der Waals surface area contributed by atoms with Crippen LogP contribution in [-0.2, 0) is 14.3 Å². The molecule has 0 radical (unpaired) electrons. The van der Waals surface area contributed by atoms with E-state index in [1.54, 1.807) is 0 Å². The van der Waals surface area contributed by atoms with Crippen LogP contribution in [0.2, 0.25) is 0 Å². The third-order valence-electron chi connectivity index (χ3n) is 3.50. The number of hydrogen-bond acceptors (Lipinski definition) is 3. The average Bonchev–Trinajstić information content (AvgIpc) is 2.29. The van der Waals surface area contributed by atoms with Crippen LogP contribution in [0.5, 0.6) is 0 Å². The smallest absolute Gasteiger partial charge is 0.329 e. The predicted octanol–water partition coefficient (Wildman–Crippen LogP) is 1.27. The lowest BCUT2D eigenvalue weighted by Crippen LogP contribution is -2.60. The van der Waals surface area contributed by atoms with Gasteiger partial charge in [0.05, 0.1) is 6.10 Å². The summed E-state index contributed by atoms with van der Waals surface area (Å²) in [6, 6.07) is 0. The van der Waals surface area contributed by atoms with Crippen LogP contribution >= 0.6 is 0 Å². The summed E-state index contributed by atoms with van der Waals surface area (Å²) >= 11 is 0. The molecular formula is C12H21NO4. The highest BCUT2D eigenvalue weighted by Gasteiger charge is 2.48. The highest BCUT2D eigenvalue weighted by Crippen LogP contribution is 2.32. The van der Waals surface area contributed by atoms with Gasteiger partial charge in [-0.3, -0.25) is 4.79 Å². The number of likely N-dealkylation sites (N-methyl/N-ethyl adjacent to an activating group) is 1. The first-order chi connectivity index (χ1) is 7.97. The van der Waals surface area contributed by atoms with Gasteiger partial charge in [-0.15, -0.1) is 0 Å². The maximum atomic E-state index is 11.6. The van der Waals surface area contributed by atoms with E-state index in [2.05, 4.69) is 0 Å². The van der Waals surface area contributed by atoms with E-state index in [4.69, 9.17) is 4.74 Å². The van der Waals surface area contributed by atoms with E-state index in [9.17, 15) is 14.7 Å². The first-order valence-corrected chi connectivity index (χ1v) is 6.11. The number of ether oxygens (including phenoxy) is 1. The summed E-state index contributed by atoms with van der Waals surface area (Å²) in [6.45, 7) is 6.01. The first kappa shape index (κ1) is 14.0. The lowest BCUT2D eigenvalue weighted by atomic mass is 9.84. The molecule has 1 aliphatic heterocycles. The lowest BCUT2D eigenvalue weighted by Gasteiger charge is -2.44. The van der Waals surface area contributed by atoms with Gasteiger partial charge in [-0.25, -0.2) is 4.79 Å². The fraction of sp³-hybridized carbons (Fsp3) is 0.833. The van der Waals surface area contributed by atoms with Crippen LogP contribution in [0.3, 0.4) is 0 Å². The first-order valence-electron chi connectivity index (χ1n) is 6.11. The van der Waals surface area contributed by atoms with E-state index in [1.165, 1.54) is 11.8 Å². The second-order valence-corrected chi connectivity index (χ2v) is 4.46. The van der Waals surface area contributed by atoms with Gasteiger partial charge >= 0.3 is 5.97 Å². The number of carboxylic acid groups (broad SMARTS) is 1. The van der Waals surface area contributed by atoms with Crippen molar-refractivity contribution in [2.45, 2.75) is 51.7 Å². The average molecular weight is 243 g/mol. The van der Waals surface area contributed by atoms with Gasteiger partial charge in [0.25, 0.3) is 0 Å². The standard InChI is InChI=1S/C12H21NO4/c1-4-10-8-12(11(15)16,6-7-17-10)13(5-2)9(3)14/h10H,4-8H2,1-3H3,(H,15,16). The van der Waals surface area contributed by atoms with Crippen molar-refractivity contribution in [3.8, 4) is 0 Å². The van der Waals surface area contributed by atoms with Crippen molar-refractivity contribution in [2.75, 3.05) is 13.2 Å². The third kappa shape index (κ3) is 2.60. The molecule has 2 atom stereocenters. The number of rotatable bonds is 4. The molecule has 2 unspecified atom stereocenters. The Hall–Kier alpha value is -1.10. The van der Waals surface area contributed by atoms with E-state index in [0.29, 0.717) is 26.0 Å². The zero-order valence-electron chi connectivity index (χ0n) is 10.7. The second-order valence-electron chi connectivity index (χ2n) is 4.46. The molecule has 0 bridgehead atoms. The van der Waals surface area contributed by atoms with Crippen LogP contribution in [-0.4, -0.2) is 46.7 Å². The maximum absolute atomic E-state index is 11.6. The Labute approximate surface area is 102 Å². The zero-order valence-corrected chi connectivity index (χ0v) is 10.7.